The van der Waals surface area contributed by atoms with Gasteiger partial charge in [-0.2, -0.15) is 0 Å². The zero-order valence-electron chi connectivity index (χ0n) is 17.4. The number of rotatable bonds is 9. The Morgan fingerprint density at radius 3 is 2.77 bits per heavy atom. The Kier molecular flexibility index (Phi) is 6.03. The van der Waals surface area contributed by atoms with Crippen LogP contribution in [0.4, 0.5) is 0 Å². The maximum Gasteiger partial charge on any atom is 0.226 e. The van der Waals surface area contributed by atoms with Crippen molar-refractivity contribution in [2.75, 3.05) is 13.7 Å². The van der Waals surface area contributed by atoms with Gasteiger partial charge in [0.2, 0.25) is 5.91 Å². The Bertz CT molecular complexity index is 1010. The van der Waals surface area contributed by atoms with Gasteiger partial charge in [-0.3, -0.25) is 4.79 Å². The van der Waals surface area contributed by atoms with Crippen molar-refractivity contribution in [3.8, 4) is 5.75 Å². The predicted molar refractivity (Wildman–Crippen MR) is 119 cm³/mol. The molecule has 4 nitrogen and oxygen atoms in total. The van der Waals surface area contributed by atoms with Crippen LogP contribution in [-0.2, 0) is 17.9 Å². The molecule has 1 fully saturated rings. The van der Waals surface area contributed by atoms with E-state index < -0.39 is 0 Å². The molecule has 4 heteroatoms. The molecule has 0 saturated heterocycles. The van der Waals surface area contributed by atoms with Gasteiger partial charge >= 0.3 is 0 Å². The summed E-state index contributed by atoms with van der Waals surface area (Å²) in [5.74, 6) is 1.49. The first-order valence-electron chi connectivity index (χ1n) is 10.4. The van der Waals surface area contributed by atoms with E-state index in [1.54, 1.807) is 7.11 Å². The zero-order valence-corrected chi connectivity index (χ0v) is 17.4. The number of ether oxygens (including phenoxy) is 1. The molecule has 2 atom stereocenters. The van der Waals surface area contributed by atoms with Crippen molar-refractivity contribution in [3.63, 3.8) is 0 Å². The maximum absolute atomic E-state index is 13.2. The van der Waals surface area contributed by atoms with Crippen LogP contribution in [0.3, 0.4) is 0 Å². The van der Waals surface area contributed by atoms with Crippen LogP contribution in [0.5, 0.6) is 5.75 Å². The van der Waals surface area contributed by atoms with Gasteiger partial charge in [0.1, 0.15) is 5.75 Å². The van der Waals surface area contributed by atoms with Gasteiger partial charge in [0.15, 0.2) is 0 Å². The van der Waals surface area contributed by atoms with E-state index in [9.17, 15) is 4.79 Å². The van der Waals surface area contributed by atoms with Crippen LogP contribution in [-0.4, -0.2) is 29.0 Å². The molecule has 1 aromatic heterocycles. The van der Waals surface area contributed by atoms with Crippen LogP contribution in [0, 0.1) is 5.92 Å². The van der Waals surface area contributed by atoms with E-state index in [1.807, 2.05) is 53.4 Å². The second kappa shape index (κ2) is 9.04. The van der Waals surface area contributed by atoms with Crippen LogP contribution in [0.1, 0.15) is 29.2 Å². The highest BCUT2D eigenvalue weighted by Gasteiger charge is 2.45. The quantitative estimate of drug-likeness (QED) is 0.481. The van der Waals surface area contributed by atoms with Gasteiger partial charge in [-0.1, -0.05) is 48.5 Å². The average Bonchev–Trinajstić information content (AvgIpc) is 3.48. The van der Waals surface area contributed by atoms with Crippen LogP contribution < -0.4 is 4.74 Å². The van der Waals surface area contributed by atoms with Crippen molar-refractivity contribution < 1.29 is 9.53 Å². The van der Waals surface area contributed by atoms with Crippen LogP contribution in [0.25, 0.3) is 0 Å². The normalized spacial score (nSPS) is 17.4. The van der Waals surface area contributed by atoms with E-state index in [0.717, 1.165) is 24.4 Å². The summed E-state index contributed by atoms with van der Waals surface area (Å²) in [6.07, 6.45) is 4.81. The summed E-state index contributed by atoms with van der Waals surface area (Å²) in [6, 6.07) is 22.6. The summed E-state index contributed by atoms with van der Waals surface area (Å²) in [7, 11) is 1.68. The third kappa shape index (κ3) is 4.48. The molecule has 1 heterocycles. The molecule has 1 aliphatic carbocycles. The minimum Gasteiger partial charge on any atom is -0.497 e. The van der Waals surface area contributed by atoms with Gasteiger partial charge < -0.3 is 14.2 Å². The third-order valence-corrected chi connectivity index (χ3v) is 5.76. The van der Waals surface area contributed by atoms with Crippen LogP contribution >= 0.6 is 0 Å². The molecule has 30 heavy (non-hydrogen) atoms. The number of methoxy groups -OCH3 is 1. The fraction of sp³-hybridized carbons (Fsp3) is 0.269. The number of aromatic nitrogens is 1. The largest absolute Gasteiger partial charge is 0.497 e. The molecule has 0 unspecified atom stereocenters. The first-order valence-corrected chi connectivity index (χ1v) is 10.4. The molecular formula is C26H28N2O2. The molecular weight excluding hydrogens is 372 g/mol. The maximum atomic E-state index is 13.2. The number of benzene rings is 2. The summed E-state index contributed by atoms with van der Waals surface area (Å²) >= 11 is 0. The Labute approximate surface area is 178 Å². The minimum absolute atomic E-state index is 0.0779. The number of hydrogen-bond acceptors (Lipinski definition) is 2. The Morgan fingerprint density at radius 1 is 1.17 bits per heavy atom. The van der Waals surface area contributed by atoms with Gasteiger partial charge in [0.05, 0.1) is 13.7 Å². The molecule has 4 rings (SSSR count). The Balaban J connectivity index is 1.46. The second-order valence-electron chi connectivity index (χ2n) is 7.85. The molecule has 0 radical (unpaired) electrons. The molecule has 0 bridgehead atoms. The Hall–Kier alpha value is -3.27. The lowest BCUT2D eigenvalue weighted by Crippen LogP contribution is -2.33. The zero-order chi connectivity index (χ0) is 20.9. The molecule has 1 aliphatic rings. The van der Waals surface area contributed by atoms with Crippen molar-refractivity contribution in [3.05, 3.63) is 102 Å². The van der Waals surface area contributed by atoms with Gasteiger partial charge in [-0.25, -0.2) is 0 Å². The molecule has 0 N–H and O–H groups in total. The van der Waals surface area contributed by atoms with Gasteiger partial charge in [0, 0.05) is 30.9 Å². The summed E-state index contributed by atoms with van der Waals surface area (Å²) < 4.78 is 7.53. The van der Waals surface area contributed by atoms with E-state index in [2.05, 4.69) is 41.6 Å². The standard InChI is InChI=1S/C26H28N2O2/c1-3-14-28(26(29)25-17-24(25)21-10-5-4-6-11-21)19-22-12-8-15-27(22)18-20-9-7-13-23(16-20)30-2/h3-13,15-16,24-25H,1,14,17-19H2,2H3/t24-,25+/m1/s1. The van der Waals surface area contributed by atoms with Gasteiger partial charge in [-0.15, -0.1) is 6.58 Å². The number of carbonyl (C=O) groups excluding carboxylic acids is 1. The molecule has 3 aromatic rings. The van der Waals surface area contributed by atoms with E-state index in [4.69, 9.17) is 4.74 Å². The second-order valence-corrected chi connectivity index (χ2v) is 7.85. The molecule has 1 amide bonds. The molecule has 0 spiro atoms. The average molecular weight is 401 g/mol. The first kappa shape index (κ1) is 20.0. The molecule has 154 valence electrons. The van der Waals surface area contributed by atoms with E-state index >= 15 is 0 Å². The van der Waals surface area contributed by atoms with Gasteiger partial charge in [0.25, 0.3) is 0 Å². The highest BCUT2D eigenvalue weighted by Crippen LogP contribution is 2.48. The lowest BCUT2D eigenvalue weighted by Gasteiger charge is -2.23. The van der Waals surface area contributed by atoms with Crippen molar-refractivity contribution in [2.24, 2.45) is 5.92 Å². The van der Waals surface area contributed by atoms with Crippen molar-refractivity contribution >= 4 is 5.91 Å². The minimum atomic E-state index is 0.0779. The Morgan fingerprint density at radius 2 is 2.00 bits per heavy atom. The first-order chi connectivity index (χ1) is 14.7. The number of carbonyl (C=O) groups is 1. The number of nitrogens with zero attached hydrogens (tertiary/aromatic N) is 2. The summed E-state index contributed by atoms with van der Waals surface area (Å²) in [5, 5.41) is 0. The summed E-state index contributed by atoms with van der Waals surface area (Å²) in [4.78, 5) is 15.1. The molecule has 1 saturated carbocycles. The fourth-order valence-electron chi connectivity index (χ4n) is 4.07. The van der Waals surface area contributed by atoms with Crippen molar-refractivity contribution in [1.82, 2.24) is 9.47 Å². The van der Waals surface area contributed by atoms with Gasteiger partial charge in [-0.05, 0) is 47.7 Å². The monoisotopic (exact) mass is 400 g/mol. The van der Waals surface area contributed by atoms with Crippen LogP contribution in [0.2, 0.25) is 0 Å². The highest BCUT2D eigenvalue weighted by atomic mass is 16.5. The number of hydrogen-bond donors (Lipinski definition) is 0. The summed E-state index contributed by atoms with van der Waals surface area (Å²) in [5.41, 5.74) is 3.54. The lowest BCUT2D eigenvalue weighted by atomic mass is 10.1. The molecule has 0 aliphatic heterocycles. The lowest BCUT2D eigenvalue weighted by molar-refractivity contribution is -0.132. The fourth-order valence-corrected chi connectivity index (χ4v) is 4.07. The van der Waals surface area contributed by atoms with E-state index in [0.29, 0.717) is 19.0 Å². The number of amides is 1. The van der Waals surface area contributed by atoms with Crippen molar-refractivity contribution in [2.45, 2.75) is 25.4 Å². The van der Waals surface area contributed by atoms with Crippen molar-refractivity contribution in [1.29, 1.82) is 0 Å². The van der Waals surface area contributed by atoms with E-state index in [-0.39, 0.29) is 11.8 Å². The summed E-state index contributed by atoms with van der Waals surface area (Å²) in [6.45, 7) is 5.75. The predicted octanol–water partition coefficient (Wildman–Crippen LogP) is 4.86. The molecule has 2 aromatic carbocycles. The highest BCUT2D eigenvalue weighted by molar-refractivity contribution is 5.83. The van der Waals surface area contributed by atoms with E-state index in [1.165, 1.54) is 11.1 Å². The smallest absolute Gasteiger partial charge is 0.226 e. The van der Waals surface area contributed by atoms with Crippen LogP contribution in [0.15, 0.2) is 85.6 Å². The SMILES string of the molecule is C=CCN(Cc1cccn1Cc1cccc(OC)c1)C(=O)[C@H]1C[C@@H]1c1ccccc1. The third-order valence-electron chi connectivity index (χ3n) is 5.76. The topological polar surface area (TPSA) is 34.5 Å².